The number of amides is 4. The summed E-state index contributed by atoms with van der Waals surface area (Å²) in [6, 6.07) is 34.6. The van der Waals surface area contributed by atoms with Gasteiger partial charge in [-0.05, 0) is 79.5 Å². The summed E-state index contributed by atoms with van der Waals surface area (Å²) >= 11 is 0. The Morgan fingerprint density at radius 3 is 1.95 bits per heavy atom. The highest BCUT2D eigenvalue weighted by Gasteiger charge is 2.30. The van der Waals surface area contributed by atoms with Crippen molar-refractivity contribution in [3.05, 3.63) is 154 Å². The fraction of sp³-hybridized carbons (Fsp3) is 0.312. The first kappa shape index (κ1) is 46.0. The number of aromatic nitrogens is 2. The van der Waals surface area contributed by atoms with Crippen molar-refractivity contribution in [1.29, 1.82) is 0 Å². The van der Waals surface area contributed by atoms with Gasteiger partial charge in [0, 0.05) is 31.2 Å². The summed E-state index contributed by atoms with van der Waals surface area (Å²) in [5, 5.41) is 17.8. The summed E-state index contributed by atoms with van der Waals surface area (Å²) in [4.78, 5) is 82.6. The van der Waals surface area contributed by atoms with Gasteiger partial charge in [0.2, 0.25) is 5.91 Å². The Balaban J connectivity index is 1.10. The summed E-state index contributed by atoms with van der Waals surface area (Å²) in [7, 11) is 0. The number of nitrogens with zero attached hydrogens (tertiary/aromatic N) is 3. The van der Waals surface area contributed by atoms with Crippen molar-refractivity contribution in [2.75, 3.05) is 31.6 Å². The molecule has 1 heterocycles. The second kappa shape index (κ2) is 21.5. The molecule has 0 aliphatic heterocycles. The number of rotatable bonds is 18. The van der Waals surface area contributed by atoms with Crippen molar-refractivity contribution < 1.29 is 43.3 Å². The molecule has 334 valence electrons. The molecule has 16 heteroatoms. The Morgan fingerprint density at radius 2 is 1.38 bits per heavy atom. The first-order valence-corrected chi connectivity index (χ1v) is 21.0. The highest BCUT2D eigenvalue weighted by Crippen LogP contribution is 2.44. The minimum absolute atomic E-state index is 0.0310. The molecule has 0 radical (unpaired) electrons. The fourth-order valence-corrected chi connectivity index (χ4v) is 7.41. The van der Waals surface area contributed by atoms with E-state index in [4.69, 9.17) is 14.2 Å². The summed E-state index contributed by atoms with van der Waals surface area (Å²) in [6.07, 6.45) is -0.511. The SMILES string of the molecule is CC(C)(C)OC(=O)NCCCC[C@@H](CN(CC(=O)O)C(=O)Cn1ccc(NC(=O)OC(c2ccccc2)c2ccccc2)nc1=O)NC(=O)OCC1c2ccccc2-c2ccccc21. The topological polar surface area (TPSA) is 207 Å². The molecule has 64 heavy (non-hydrogen) atoms. The lowest BCUT2D eigenvalue weighted by atomic mass is 9.98. The van der Waals surface area contributed by atoms with Crippen LogP contribution < -0.4 is 21.6 Å². The van der Waals surface area contributed by atoms with Gasteiger partial charge >= 0.3 is 29.9 Å². The number of benzene rings is 4. The number of carboxylic acids is 1. The van der Waals surface area contributed by atoms with Gasteiger partial charge in [-0.15, -0.1) is 0 Å². The first-order chi connectivity index (χ1) is 30.7. The third-order valence-corrected chi connectivity index (χ3v) is 10.3. The molecule has 0 saturated carbocycles. The Labute approximate surface area is 370 Å². The predicted octanol–water partition coefficient (Wildman–Crippen LogP) is 7.10. The molecule has 0 unspecified atom stereocenters. The third kappa shape index (κ3) is 13.0. The molecule has 0 fully saturated rings. The van der Waals surface area contributed by atoms with Gasteiger partial charge in [0.25, 0.3) is 0 Å². The van der Waals surface area contributed by atoms with Crippen molar-refractivity contribution in [3.8, 4) is 11.1 Å². The minimum Gasteiger partial charge on any atom is -0.480 e. The van der Waals surface area contributed by atoms with Gasteiger partial charge in [-0.2, -0.15) is 4.98 Å². The van der Waals surface area contributed by atoms with Gasteiger partial charge in [-0.3, -0.25) is 19.5 Å². The van der Waals surface area contributed by atoms with E-state index in [0.717, 1.165) is 42.8 Å². The molecule has 1 aliphatic rings. The lowest BCUT2D eigenvalue weighted by Crippen LogP contribution is -2.49. The number of carbonyl (C=O) groups excluding carboxylic acids is 4. The number of anilines is 1. The number of unbranched alkanes of at least 4 members (excludes halogenated alkanes) is 1. The number of hydrogen-bond acceptors (Lipinski definition) is 10. The maximum Gasteiger partial charge on any atom is 0.413 e. The maximum absolute atomic E-state index is 13.8. The average molecular weight is 873 g/mol. The zero-order valence-electron chi connectivity index (χ0n) is 35.9. The van der Waals surface area contributed by atoms with Crippen LogP contribution in [0.3, 0.4) is 0 Å². The van der Waals surface area contributed by atoms with Gasteiger partial charge in [0.05, 0.1) is 0 Å². The van der Waals surface area contributed by atoms with E-state index < -0.39 is 66.7 Å². The molecule has 1 atom stereocenters. The molecule has 4 amide bonds. The molecule has 0 saturated heterocycles. The number of carbonyl (C=O) groups is 5. The van der Waals surface area contributed by atoms with E-state index in [9.17, 15) is 33.9 Å². The van der Waals surface area contributed by atoms with Crippen molar-refractivity contribution in [1.82, 2.24) is 25.1 Å². The van der Waals surface area contributed by atoms with Crippen LogP contribution >= 0.6 is 0 Å². The van der Waals surface area contributed by atoms with Crippen LogP contribution in [0.5, 0.6) is 0 Å². The third-order valence-electron chi connectivity index (χ3n) is 10.3. The lowest BCUT2D eigenvalue weighted by molar-refractivity contribution is -0.145. The van der Waals surface area contributed by atoms with Crippen LogP contribution in [0.15, 0.2) is 126 Å². The molecular formula is C48H52N6O10. The van der Waals surface area contributed by atoms with Crippen molar-refractivity contribution >= 4 is 36.0 Å². The van der Waals surface area contributed by atoms with E-state index >= 15 is 0 Å². The monoisotopic (exact) mass is 872 g/mol. The number of aliphatic carboxylic acids is 1. The second-order valence-corrected chi connectivity index (χ2v) is 16.2. The predicted molar refractivity (Wildman–Crippen MR) is 238 cm³/mol. The zero-order valence-corrected chi connectivity index (χ0v) is 35.9. The molecule has 4 N–H and O–H groups in total. The Hall–Kier alpha value is -7.49. The van der Waals surface area contributed by atoms with Crippen LogP contribution in [0.2, 0.25) is 0 Å². The molecule has 0 bridgehead atoms. The molecular weight excluding hydrogens is 821 g/mol. The number of alkyl carbamates (subject to hydrolysis) is 2. The summed E-state index contributed by atoms with van der Waals surface area (Å²) in [6.45, 7) is 3.99. The lowest BCUT2D eigenvalue weighted by Gasteiger charge is -2.27. The zero-order chi connectivity index (χ0) is 45.6. The molecule has 4 aromatic carbocycles. The van der Waals surface area contributed by atoms with Crippen LogP contribution in [0.25, 0.3) is 11.1 Å². The number of fused-ring (bicyclic) bond motifs is 3. The first-order valence-electron chi connectivity index (χ1n) is 21.0. The van der Waals surface area contributed by atoms with E-state index in [1.54, 1.807) is 20.8 Å². The Morgan fingerprint density at radius 1 is 0.781 bits per heavy atom. The standard InChI is InChI=1S/C48H52N6O10/c1-48(2,3)64-45(59)49-26-15-14-20-34(50-46(60)62-31-39-37-23-12-10-21-35(37)36-22-11-13-24-38(36)39)28-54(30-42(56)57)41(55)29-53-27-25-40(51-44(53)58)52-47(61)63-43(32-16-6-4-7-17-32)33-18-8-5-9-19-33/h4-13,16-19,21-25,27,34,39,43H,14-15,20,26,28-31H2,1-3H3,(H,49,59)(H,50,60)(H,56,57)(H,51,52,58,61)/t34-/m0/s1. The van der Waals surface area contributed by atoms with Crippen molar-refractivity contribution in [2.45, 2.75) is 70.2 Å². The van der Waals surface area contributed by atoms with Crippen LogP contribution in [0, 0.1) is 0 Å². The number of hydrogen-bond donors (Lipinski definition) is 4. The molecule has 0 spiro atoms. The summed E-state index contributed by atoms with van der Waals surface area (Å²) in [5.41, 5.74) is 4.05. The van der Waals surface area contributed by atoms with E-state index in [1.807, 2.05) is 109 Å². The van der Waals surface area contributed by atoms with E-state index in [1.165, 1.54) is 12.3 Å². The number of ether oxygens (including phenoxy) is 3. The number of carboxylic acid groups (broad SMARTS) is 1. The second-order valence-electron chi connectivity index (χ2n) is 16.2. The van der Waals surface area contributed by atoms with Crippen molar-refractivity contribution in [3.63, 3.8) is 0 Å². The van der Waals surface area contributed by atoms with Gasteiger partial charge in [-0.1, -0.05) is 109 Å². The number of nitrogens with one attached hydrogen (secondary N) is 3. The highest BCUT2D eigenvalue weighted by molar-refractivity contribution is 5.84. The maximum atomic E-state index is 13.8. The Kier molecular flexibility index (Phi) is 15.5. The van der Waals surface area contributed by atoms with E-state index in [-0.39, 0.29) is 37.9 Å². The van der Waals surface area contributed by atoms with Gasteiger partial charge < -0.3 is 34.9 Å². The fourth-order valence-electron chi connectivity index (χ4n) is 7.41. The summed E-state index contributed by atoms with van der Waals surface area (Å²) < 4.78 is 17.8. The molecule has 1 aromatic heterocycles. The Bertz CT molecular complexity index is 2390. The van der Waals surface area contributed by atoms with Gasteiger partial charge in [-0.25, -0.2) is 19.2 Å². The van der Waals surface area contributed by atoms with Crippen LogP contribution in [0.1, 0.15) is 74.3 Å². The van der Waals surface area contributed by atoms with Gasteiger partial charge in [0.1, 0.15) is 31.1 Å². The molecule has 6 rings (SSSR count). The minimum atomic E-state index is -1.32. The normalized spacial score (nSPS) is 12.3. The molecule has 16 nitrogen and oxygen atoms in total. The average Bonchev–Trinajstić information content (AvgIpc) is 3.58. The van der Waals surface area contributed by atoms with E-state index in [0.29, 0.717) is 12.8 Å². The van der Waals surface area contributed by atoms with Crippen LogP contribution in [-0.4, -0.2) is 87.6 Å². The van der Waals surface area contributed by atoms with Crippen LogP contribution in [-0.2, 0) is 30.3 Å². The molecule has 1 aliphatic carbocycles. The van der Waals surface area contributed by atoms with E-state index in [2.05, 4.69) is 20.9 Å². The smallest absolute Gasteiger partial charge is 0.413 e. The van der Waals surface area contributed by atoms with Gasteiger partial charge in [0.15, 0.2) is 6.10 Å². The quantitative estimate of drug-likeness (QED) is 0.0516. The molecule has 5 aromatic rings. The van der Waals surface area contributed by atoms with Crippen LogP contribution in [0.4, 0.5) is 20.2 Å². The highest BCUT2D eigenvalue weighted by atomic mass is 16.6. The summed E-state index contributed by atoms with van der Waals surface area (Å²) in [5.74, 6) is -2.40. The van der Waals surface area contributed by atoms with Crippen molar-refractivity contribution in [2.24, 2.45) is 0 Å². The largest absolute Gasteiger partial charge is 0.480 e.